The summed E-state index contributed by atoms with van der Waals surface area (Å²) in [4.78, 5) is 75.7. The van der Waals surface area contributed by atoms with E-state index < -0.39 is 41.2 Å². The van der Waals surface area contributed by atoms with Gasteiger partial charge in [0.05, 0.1) is 66.4 Å². The van der Waals surface area contributed by atoms with E-state index in [4.69, 9.17) is 14.2 Å². The second-order valence-electron chi connectivity index (χ2n) is 16.8. The van der Waals surface area contributed by atoms with Crippen molar-refractivity contribution < 1.29 is 47.7 Å². The van der Waals surface area contributed by atoms with Gasteiger partial charge in [-0.1, -0.05) is 45.0 Å². The highest BCUT2D eigenvalue weighted by Crippen LogP contribution is 2.35. The number of benzene rings is 2. The van der Waals surface area contributed by atoms with E-state index in [-0.39, 0.29) is 83.4 Å². The molecule has 16 nitrogen and oxygen atoms in total. The molecule has 18 heteroatoms. The van der Waals surface area contributed by atoms with E-state index in [0.29, 0.717) is 39.3 Å². The van der Waals surface area contributed by atoms with Gasteiger partial charge in [-0.15, -0.1) is 11.3 Å². The molecule has 5 amide bonds. The number of fused-ring (bicyclic) bond motifs is 1. The third-order valence-electron chi connectivity index (χ3n) is 11.0. The van der Waals surface area contributed by atoms with Crippen LogP contribution in [0.15, 0.2) is 48.0 Å². The first kappa shape index (κ1) is 47.7. The smallest absolute Gasteiger partial charge is 0.256 e. The minimum atomic E-state index is -0.991. The first-order chi connectivity index (χ1) is 30.5. The van der Waals surface area contributed by atoms with Crippen LogP contribution in [0, 0.1) is 32.0 Å². The van der Waals surface area contributed by atoms with E-state index in [1.54, 1.807) is 36.8 Å². The molecule has 2 aromatic carbocycles. The molecular formula is C46H56FN7O9S. The van der Waals surface area contributed by atoms with Gasteiger partial charge < -0.3 is 50.5 Å². The van der Waals surface area contributed by atoms with Gasteiger partial charge in [0.25, 0.3) is 11.8 Å². The van der Waals surface area contributed by atoms with Crippen LogP contribution in [-0.4, -0.2) is 120 Å². The predicted molar refractivity (Wildman–Crippen MR) is 240 cm³/mol. The Morgan fingerprint density at radius 3 is 2.39 bits per heavy atom. The largest absolute Gasteiger partial charge is 0.391 e. The molecule has 4 aromatic rings. The van der Waals surface area contributed by atoms with Gasteiger partial charge in [0.2, 0.25) is 17.7 Å². The van der Waals surface area contributed by atoms with Crippen LogP contribution in [0.5, 0.6) is 0 Å². The number of rotatable bonds is 19. The number of anilines is 1. The van der Waals surface area contributed by atoms with E-state index in [0.717, 1.165) is 21.7 Å². The lowest BCUT2D eigenvalue weighted by atomic mass is 9.85. The van der Waals surface area contributed by atoms with Crippen LogP contribution in [0.3, 0.4) is 0 Å². The zero-order valence-electron chi connectivity index (χ0n) is 36.9. The number of carbonyl (C=O) groups excluding carboxylic acids is 5. The number of β-amino-alcohol motifs (C(OH)–C–C–N with tert-alkyl or cyclic N) is 1. The van der Waals surface area contributed by atoms with Crippen LogP contribution in [0.25, 0.3) is 22.1 Å². The molecule has 3 atom stereocenters. The van der Waals surface area contributed by atoms with Gasteiger partial charge >= 0.3 is 0 Å². The van der Waals surface area contributed by atoms with Gasteiger partial charge in [0, 0.05) is 48.7 Å². The van der Waals surface area contributed by atoms with Gasteiger partial charge in [-0.3, -0.25) is 24.0 Å². The molecular weight excluding hydrogens is 846 g/mol. The first-order valence-corrected chi connectivity index (χ1v) is 22.0. The summed E-state index contributed by atoms with van der Waals surface area (Å²) in [6.07, 6.45) is 0.806. The summed E-state index contributed by atoms with van der Waals surface area (Å²) < 4.78 is 30.5. The molecule has 4 heterocycles. The average molecular weight is 902 g/mol. The summed E-state index contributed by atoms with van der Waals surface area (Å²) in [5.74, 6) is -2.50. The molecule has 6 rings (SSSR count). The molecule has 64 heavy (non-hydrogen) atoms. The number of carbonyl (C=O) groups is 5. The van der Waals surface area contributed by atoms with E-state index >= 15 is 0 Å². The maximum atomic E-state index is 13.9. The van der Waals surface area contributed by atoms with Crippen molar-refractivity contribution in [2.75, 3.05) is 58.0 Å². The Morgan fingerprint density at radius 2 is 1.70 bits per heavy atom. The molecule has 2 aromatic heterocycles. The second kappa shape index (κ2) is 21.3. The minimum absolute atomic E-state index is 0.0357. The number of thiazole rings is 1. The maximum Gasteiger partial charge on any atom is 0.256 e. The van der Waals surface area contributed by atoms with Gasteiger partial charge in [-0.2, -0.15) is 0 Å². The zero-order valence-corrected chi connectivity index (χ0v) is 37.7. The number of amides is 5. The maximum absolute atomic E-state index is 13.9. The highest BCUT2D eigenvalue weighted by Gasteiger charge is 2.44. The van der Waals surface area contributed by atoms with Crippen molar-refractivity contribution in [2.24, 2.45) is 5.41 Å². The lowest BCUT2D eigenvalue weighted by molar-refractivity contribution is -0.144. The molecule has 2 aliphatic rings. The van der Waals surface area contributed by atoms with Crippen molar-refractivity contribution in [2.45, 2.75) is 72.7 Å². The van der Waals surface area contributed by atoms with Crippen molar-refractivity contribution in [1.29, 1.82) is 0 Å². The van der Waals surface area contributed by atoms with Gasteiger partial charge in [-0.25, -0.2) is 9.37 Å². The van der Waals surface area contributed by atoms with Gasteiger partial charge in [0.15, 0.2) is 0 Å². The summed E-state index contributed by atoms with van der Waals surface area (Å²) in [5.41, 5.74) is 7.50. The monoisotopic (exact) mass is 901 g/mol. The number of hydrogen-bond donors (Lipinski definition) is 6. The summed E-state index contributed by atoms with van der Waals surface area (Å²) in [7, 11) is 0. The highest BCUT2D eigenvalue weighted by molar-refractivity contribution is 7.13. The van der Waals surface area contributed by atoms with Crippen LogP contribution in [0.4, 0.5) is 10.1 Å². The summed E-state index contributed by atoms with van der Waals surface area (Å²) >= 11 is 1.56. The second-order valence-corrected chi connectivity index (χ2v) is 17.7. The first-order valence-electron chi connectivity index (χ1n) is 21.1. The number of ether oxygens (including phenoxy) is 3. The Balaban J connectivity index is 0.863. The van der Waals surface area contributed by atoms with E-state index in [2.05, 4.69) is 31.2 Å². The number of nitrogens with one attached hydrogen (secondary N) is 5. The van der Waals surface area contributed by atoms with Crippen molar-refractivity contribution in [3.63, 3.8) is 0 Å². The Hall–Kier alpha value is -5.79. The minimum Gasteiger partial charge on any atom is -0.391 e. The number of nitrogens with zero attached hydrogens (tertiary/aromatic N) is 2. The Labute approximate surface area is 375 Å². The number of H-pyrrole nitrogens is 1. The molecule has 0 radical (unpaired) electrons. The number of aryl methyl sites for hydroxylation is 2. The lowest BCUT2D eigenvalue weighted by Gasteiger charge is -2.35. The number of aromatic amines is 1. The molecule has 6 N–H and O–H groups in total. The van der Waals surface area contributed by atoms with Gasteiger partial charge in [-0.05, 0) is 67.2 Å². The molecule has 0 bridgehead atoms. The van der Waals surface area contributed by atoms with Crippen molar-refractivity contribution in [3.8, 4) is 10.4 Å². The predicted octanol–water partition coefficient (Wildman–Crippen LogP) is 4.28. The molecule has 1 fully saturated rings. The van der Waals surface area contributed by atoms with Gasteiger partial charge in [0.1, 0.15) is 24.5 Å². The molecule has 342 valence electrons. The normalized spacial score (nSPS) is 17.0. The van der Waals surface area contributed by atoms with E-state index in [1.807, 2.05) is 52.0 Å². The quantitative estimate of drug-likeness (QED) is 0.0581. The van der Waals surface area contributed by atoms with Crippen LogP contribution >= 0.6 is 11.3 Å². The number of hydrogen-bond acceptors (Lipinski definition) is 11. The zero-order chi connectivity index (χ0) is 46.1. The van der Waals surface area contributed by atoms with Crippen molar-refractivity contribution in [1.82, 2.24) is 30.8 Å². The average Bonchev–Trinajstić information content (AvgIpc) is 4.01. The molecule has 1 saturated heterocycles. The molecule has 2 aliphatic heterocycles. The standard InChI is InChI=1S/C46H56FN7O9S/c1-26-36(21-34-33-19-31(47)11-12-35(33)52-42(34)57)51-27(2)39(26)44(59)48-13-14-61-15-16-62-17-18-63-24-38(56)53-41(46(4,5)6)45(60)54-23-32(55)20-37(54)43(58)49-22-29-7-9-30(10-8-29)40-28(3)50-25-64-40/h7-12,19,21,25,32,37,41,51,55H,13-18,20,22-24H2,1-6H3,(H,48,59)(H,49,58)(H,52,57)(H,53,56)/b34-21-/t32-,37+,41-/m1/s1. The molecule has 0 saturated carbocycles. The van der Waals surface area contributed by atoms with E-state index in [1.165, 1.54) is 23.1 Å². The van der Waals surface area contributed by atoms with Crippen molar-refractivity contribution in [3.05, 3.63) is 93.1 Å². The third kappa shape index (κ3) is 11.9. The number of likely N-dealkylation sites (tertiary alicyclic amines) is 1. The lowest BCUT2D eigenvalue weighted by Crippen LogP contribution is -2.58. The SMILES string of the molecule is Cc1ncsc1-c1ccc(CNC(=O)[C@@H]2C[C@@H](O)CN2C(=O)[C@@H](NC(=O)COCCOCCOCCNC(=O)c2c(C)[nH]c(/C=C3\C(=O)Nc4ccc(F)cc43)c2C)C(C)(C)C)cc1. The van der Waals surface area contributed by atoms with Crippen molar-refractivity contribution >= 4 is 58.2 Å². The van der Waals surface area contributed by atoms with Crippen LogP contribution in [-0.2, 0) is 39.9 Å². The Bertz CT molecular complexity index is 2370. The topological polar surface area (TPSA) is 213 Å². The van der Waals surface area contributed by atoms with Crippen LogP contribution < -0.4 is 21.3 Å². The van der Waals surface area contributed by atoms with Crippen LogP contribution in [0.2, 0.25) is 0 Å². The van der Waals surface area contributed by atoms with Crippen LogP contribution in [0.1, 0.15) is 71.3 Å². The summed E-state index contributed by atoms with van der Waals surface area (Å²) in [6, 6.07) is 10.0. The molecule has 0 spiro atoms. The Morgan fingerprint density at radius 1 is 1.00 bits per heavy atom. The summed E-state index contributed by atoms with van der Waals surface area (Å²) in [5, 5.41) is 21.8. The number of aromatic nitrogens is 2. The highest BCUT2D eigenvalue weighted by atomic mass is 32.1. The summed E-state index contributed by atoms with van der Waals surface area (Å²) in [6.45, 7) is 12.0. The fraction of sp³-hybridized carbons (Fsp3) is 0.435. The van der Waals surface area contributed by atoms with E-state index in [9.17, 15) is 33.5 Å². The number of aliphatic hydroxyl groups excluding tert-OH is 1. The molecule has 0 unspecified atom stereocenters. The number of aliphatic hydroxyl groups is 1. The third-order valence-corrected chi connectivity index (χ3v) is 12.0. The Kier molecular flexibility index (Phi) is 15.8. The fourth-order valence-electron chi connectivity index (χ4n) is 7.62. The number of halogens is 1. The fourth-order valence-corrected chi connectivity index (χ4v) is 8.43. The molecule has 0 aliphatic carbocycles.